The molecule has 3 N–H and O–H groups in total. The predicted octanol–water partition coefficient (Wildman–Crippen LogP) is 7.08. The summed E-state index contributed by atoms with van der Waals surface area (Å²) in [6, 6.07) is -0.326. The van der Waals surface area contributed by atoms with E-state index in [2.05, 4.69) is 35.0 Å². The van der Waals surface area contributed by atoms with Gasteiger partial charge in [0, 0.05) is 18.0 Å². The van der Waals surface area contributed by atoms with Crippen LogP contribution in [0.4, 0.5) is 4.79 Å². The zero-order chi connectivity index (χ0) is 32.4. The van der Waals surface area contributed by atoms with Gasteiger partial charge in [0.05, 0.1) is 19.1 Å². The van der Waals surface area contributed by atoms with Gasteiger partial charge < -0.3 is 30.2 Å². The van der Waals surface area contributed by atoms with Gasteiger partial charge in [-0.15, -0.1) is 0 Å². The molecule has 1 saturated carbocycles. The van der Waals surface area contributed by atoms with E-state index in [4.69, 9.17) is 14.2 Å². The third-order valence-electron chi connectivity index (χ3n) is 8.60. The lowest BCUT2D eigenvalue weighted by atomic mass is 9.85. The highest BCUT2D eigenvalue weighted by molar-refractivity contribution is 5.82. The van der Waals surface area contributed by atoms with Gasteiger partial charge in [0.25, 0.3) is 0 Å². The van der Waals surface area contributed by atoms with Crippen molar-refractivity contribution in [2.75, 3.05) is 13.2 Å². The number of rotatable bonds is 19. The highest BCUT2D eigenvalue weighted by Gasteiger charge is 2.45. The minimum Gasteiger partial charge on any atom is -0.460 e. The Morgan fingerprint density at radius 1 is 0.932 bits per heavy atom. The maximum absolute atomic E-state index is 12.8. The molecule has 1 saturated heterocycles. The van der Waals surface area contributed by atoms with Gasteiger partial charge in [-0.1, -0.05) is 84.3 Å². The van der Waals surface area contributed by atoms with Crippen molar-refractivity contribution in [3.8, 4) is 0 Å². The number of urea groups is 1. The summed E-state index contributed by atoms with van der Waals surface area (Å²) in [7, 11) is 0. The fourth-order valence-corrected chi connectivity index (χ4v) is 5.82. The van der Waals surface area contributed by atoms with Crippen LogP contribution in [0.3, 0.4) is 0 Å². The van der Waals surface area contributed by atoms with E-state index in [0.29, 0.717) is 13.0 Å². The third kappa shape index (κ3) is 15.2. The van der Waals surface area contributed by atoms with Crippen LogP contribution in [0.15, 0.2) is 12.2 Å². The first-order valence-corrected chi connectivity index (χ1v) is 17.4. The van der Waals surface area contributed by atoms with Crippen LogP contribution in [0.25, 0.3) is 0 Å². The number of amides is 3. The van der Waals surface area contributed by atoms with E-state index < -0.39 is 17.3 Å². The van der Waals surface area contributed by atoms with Crippen molar-refractivity contribution in [2.24, 2.45) is 5.41 Å². The van der Waals surface area contributed by atoms with Crippen LogP contribution in [0, 0.1) is 5.41 Å². The van der Waals surface area contributed by atoms with Crippen LogP contribution in [0.5, 0.6) is 0 Å². The standard InChI is InChI=1S/C35H63N3O6/c1-7-8-9-10-11-12-13-14-15-16-17-18-21-27(2)37-33(41)38-28-22-19-20-23-29(28)43-30(39)24-25-36-32(40)31-34(3,4)26-42-35(5,6)44-31/h10-11,27-29,31H,7-9,12-26H2,1-6H3,(H,36,40)(H2,37,38,41). The summed E-state index contributed by atoms with van der Waals surface area (Å²) in [5.74, 6) is -1.48. The van der Waals surface area contributed by atoms with Crippen molar-refractivity contribution in [2.45, 2.75) is 174 Å². The summed E-state index contributed by atoms with van der Waals surface area (Å²) in [4.78, 5) is 38.2. The van der Waals surface area contributed by atoms with Crippen LogP contribution in [-0.2, 0) is 23.8 Å². The van der Waals surface area contributed by atoms with E-state index in [1.165, 1.54) is 57.8 Å². The lowest BCUT2D eigenvalue weighted by Gasteiger charge is -2.44. The van der Waals surface area contributed by atoms with Crippen LogP contribution in [-0.4, -0.2) is 61.1 Å². The molecule has 0 radical (unpaired) electrons. The Morgan fingerprint density at radius 3 is 2.32 bits per heavy atom. The first kappa shape index (κ1) is 38.1. The van der Waals surface area contributed by atoms with Crippen molar-refractivity contribution in [3.05, 3.63) is 12.2 Å². The molecule has 4 atom stereocenters. The highest BCUT2D eigenvalue weighted by Crippen LogP contribution is 2.34. The Kier molecular flexibility index (Phi) is 17.4. The number of hydrogen-bond acceptors (Lipinski definition) is 6. The summed E-state index contributed by atoms with van der Waals surface area (Å²) < 4.78 is 17.3. The number of unbranched alkanes of at least 4 members (excludes halogenated alkanes) is 8. The number of nitrogens with one attached hydrogen (secondary N) is 3. The van der Waals surface area contributed by atoms with E-state index in [9.17, 15) is 14.4 Å². The average molecular weight is 622 g/mol. The molecule has 2 rings (SSSR count). The van der Waals surface area contributed by atoms with Crippen LogP contribution < -0.4 is 16.0 Å². The summed E-state index contributed by atoms with van der Waals surface area (Å²) >= 11 is 0. The molecule has 0 aromatic rings. The second-order valence-corrected chi connectivity index (χ2v) is 14.0. The smallest absolute Gasteiger partial charge is 0.315 e. The van der Waals surface area contributed by atoms with Crippen molar-refractivity contribution in [1.29, 1.82) is 0 Å². The summed E-state index contributed by atoms with van der Waals surface area (Å²) in [6.07, 6.45) is 20.4. The van der Waals surface area contributed by atoms with Crippen molar-refractivity contribution < 1.29 is 28.6 Å². The maximum atomic E-state index is 12.8. The minimum atomic E-state index is -0.839. The van der Waals surface area contributed by atoms with Gasteiger partial charge in [0.1, 0.15) is 12.2 Å². The normalized spacial score (nSPS) is 23.5. The Morgan fingerprint density at radius 2 is 1.59 bits per heavy atom. The molecule has 254 valence electrons. The number of ether oxygens (including phenoxy) is 3. The summed E-state index contributed by atoms with van der Waals surface area (Å²) in [6.45, 7) is 12.3. The first-order chi connectivity index (χ1) is 20.9. The molecule has 9 nitrogen and oxygen atoms in total. The molecule has 2 fully saturated rings. The monoisotopic (exact) mass is 621 g/mol. The highest BCUT2D eigenvalue weighted by atomic mass is 16.7. The fourth-order valence-electron chi connectivity index (χ4n) is 5.82. The lowest BCUT2D eigenvalue weighted by Crippen LogP contribution is -2.56. The number of carbonyl (C=O) groups is 3. The average Bonchev–Trinajstić information content (AvgIpc) is 2.96. The van der Waals surface area contributed by atoms with E-state index in [0.717, 1.165) is 32.1 Å². The van der Waals surface area contributed by atoms with Gasteiger partial charge in [-0.3, -0.25) is 9.59 Å². The molecule has 9 heteroatoms. The Bertz CT molecular complexity index is 890. The molecule has 0 spiro atoms. The molecular formula is C35H63N3O6. The third-order valence-corrected chi connectivity index (χ3v) is 8.60. The molecule has 1 aliphatic heterocycles. The first-order valence-electron chi connectivity index (χ1n) is 17.4. The number of esters is 1. The molecule has 0 aromatic heterocycles. The SMILES string of the molecule is CCCCC=CCCCCCCCCC(C)NC(=O)NC1CCCCC1OC(=O)CCNC(=O)C1OC(C)(C)OCC1(C)C. The van der Waals surface area contributed by atoms with E-state index in [1.807, 2.05) is 20.8 Å². The van der Waals surface area contributed by atoms with Crippen molar-refractivity contribution >= 4 is 17.9 Å². The van der Waals surface area contributed by atoms with Gasteiger partial charge in [-0.05, 0) is 65.7 Å². The van der Waals surface area contributed by atoms with Gasteiger partial charge in [-0.2, -0.15) is 0 Å². The number of hydrogen-bond donors (Lipinski definition) is 3. The van der Waals surface area contributed by atoms with E-state index in [-0.39, 0.29) is 49.1 Å². The lowest BCUT2D eigenvalue weighted by molar-refractivity contribution is -0.304. The largest absolute Gasteiger partial charge is 0.460 e. The number of allylic oxidation sites excluding steroid dienone is 2. The molecule has 0 aromatic carbocycles. The molecule has 1 heterocycles. The van der Waals surface area contributed by atoms with E-state index >= 15 is 0 Å². The zero-order valence-electron chi connectivity index (χ0n) is 28.6. The van der Waals surface area contributed by atoms with Gasteiger partial charge in [0.2, 0.25) is 5.91 Å². The van der Waals surface area contributed by atoms with Crippen molar-refractivity contribution in [3.63, 3.8) is 0 Å². The van der Waals surface area contributed by atoms with Gasteiger partial charge in [0.15, 0.2) is 5.79 Å². The molecule has 3 amide bonds. The van der Waals surface area contributed by atoms with Crippen LogP contribution >= 0.6 is 0 Å². The molecular weight excluding hydrogens is 558 g/mol. The quantitative estimate of drug-likeness (QED) is 0.0807. The molecule has 1 aliphatic carbocycles. The maximum Gasteiger partial charge on any atom is 0.315 e. The molecule has 0 bridgehead atoms. The Labute approximate surface area is 267 Å². The fraction of sp³-hybridized carbons (Fsp3) is 0.857. The van der Waals surface area contributed by atoms with Crippen LogP contribution in [0.2, 0.25) is 0 Å². The van der Waals surface area contributed by atoms with E-state index in [1.54, 1.807) is 13.8 Å². The Hall–Kier alpha value is -2.13. The molecule has 2 aliphatic rings. The summed E-state index contributed by atoms with van der Waals surface area (Å²) in [5, 5.41) is 8.94. The predicted molar refractivity (Wildman–Crippen MR) is 175 cm³/mol. The zero-order valence-corrected chi connectivity index (χ0v) is 28.6. The Balaban J connectivity index is 1.61. The van der Waals surface area contributed by atoms with Gasteiger partial charge >= 0.3 is 12.0 Å². The summed E-state index contributed by atoms with van der Waals surface area (Å²) in [5.41, 5.74) is -0.482. The van der Waals surface area contributed by atoms with Gasteiger partial charge in [-0.25, -0.2) is 4.79 Å². The van der Waals surface area contributed by atoms with Crippen LogP contribution in [0.1, 0.15) is 144 Å². The van der Waals surface area contributed by atoms with Crippen molar-refractivity contribution in [1.82, 2.24) is 16.0 Å². The second-order valence-electron chi connectivity index (χ2n) is 14.0. The topological polar surface area (TPSA) is 115 Å². The number of carbonyl (C=O) groups excluding carboxylic acids is 3. The molecule has 4 unspecified atom stereocenters. The second kappa shape index (κ2) is 20.1. The molecule has 44 heavy (non-hydrogen) atoms. The minimum absolute atomic E-state index is 0.0569.